The predicted octanol–water partition coefficient (Wildman–Crippen LogP) is 3.49. The highest BCUT2D eigenvalue weighted by Crippen LogP contribution is 2.24. The fraction of sp³-hybridized carbons (Fsp3) is 0.450. The number of aromatic nitrogens is 2. The molecule has 0 aliphatic carbocycles. The molecule has 1 saturated heterocycles. The number of hydrogen-bond acceptors (Lipinski definition) is 3. The van der Waals surface area contributed by atoms with Crippen molar-refractivity contribution in [2.24, 2.45) is 0 Å². The van der Waals surface area contributed by atoms with E-state index in [4.69, 9.17) is 5.11 Å². The first-order valence-corrected chi connectivity index (χ1v) is 9.23. The van der Waals surface area contributed by atoms with E-state index < -0.39 is 11.8 Å². The molecular weight excluding hydrogens is 349 g/mol. The Morgan fingerprint density at radius 1 is 1.26 bits per heavy atom. The Kier molecular flexibility index (Phi) is 5.58. The molecule has 0 saturated carbocycles. The zero-order valence-corrected chi connectivity index (χ0v) is 15.6. The zero-order chi connectivity index (χ0) is 19.6. The van der Waals surface area contributed by atoms with E-state index in [0.29, 0.717) is 18.7 Å². The van der Waals surface area contributed by atoms with Gasteiger partial charge in [-0.1, -0.05) is 0 Å². The van der Waals surface area contributed by atoms with Crippen LogP contribution in [0.4, 0.5) is 4.39 Å². The SMILES string of the molecule is Cc1cc(C)n(-c2ccc(C(=O)N3CCCCC3CCC(=O)O)cc2F)n1. The van der Waals surface area contributed by atoms with Gasteiger partial charge in [0.25, 0.3) is 5.91 Å². The van der Waals surface area contributed by atoms with E-state index in [1.54, 1.807) is 17.0 Å². The van der Waals surface area contributed by atoms with Crippen LogP contribution < -0.4 is 0 Å². The van der Waals surface area contributed by atoms with E-state index in [0.717, 1.165) is 30.7 Å². The van der Waals surface area contributed by atoms with E-state index in [1.807, 2.05) is 19.9 Å². The van der Waals surface area contributed by atoms with Gasteiger partial charge in [-0.25, -0.2) is 9.07 Å². The van der Waals surface area contributed by atoms with E-state index in [2.05, 4.69) is 5.10 Å². The average molecular weight is 373 g/mol. The van der Waals surface area contributed by atoms with Crippen LogP contribution in [-0.2, 0) is 4.79 Å². The minimum atomic E-state index is -0.867. The molecule has 1 aliphatic heterocycles. The van der Waals surface area contributed by atoms with Crippen molar-refractivity contribution in [3.63, 3.8) is 0 Å². The molecule has 1 N–H and O–H groups in total. The van der Waals surface area contributed by atoms with Crippen molar-refractivity contribution < 1.29 is 19.1 Å². The molecule has 3 rings (SSSR count). The first-order chi connectivity index (χ1) is 12.9. The number of aliphatic carboxylic acids is 1. The van der Waals surface area contributed by atoms with Crippen LogP contribution in [0.2, 0.25) is 0 Å². The quantitative estimate of drug-likeness (QED) is 0.871. The second-order valence-electron chi connectivity index (χ2n) is 7.09. The molecular formula is C20H24FN3O3. The molecule has 1 fully saturated rings. The summed E-state index contributed by atoms with van der Waals surface area (Å²) < 4.78 is 16.2. The van der Waals surface area contributed by atoms with Gasteiger partial charge in [-0.15, -0.1) is 0 Å². The highest BCUT2D eigenvalue weighted by molar-refractivity contribution is 5.94. The summed E-state index contributed by atoms with van der Waals surface area (Å²) in [4.78, 5) is 25.5. The lowest BCUT2D eigenvalue weighted by molar-refractivity contribution is -0.137. The monoisotopic (exact) mass is 373 g/mol. The third-order valence-electron chi connectivity index (χ3n) is 5.01. The number of halogens is 1. The van der Waals surface area contributed by atoms with Crippen LogP contribution in [0.3, 0.4) is 0 Å². The van der Waals surface area contributed by atoms with Crippen LogP contribution in [0, 0.1) is 19.7 Å². The molecule has 1 aromatic carbocycles. The number of carbonyl (C=O) groups is 2. The van der Waals surface area contributed by atoms with Crippen molar-refractivity contribution in [1.29, 1.82) is 0 Å². The Hall–Kier alpha value is -2.70. The summed E-state index contributed by atoms with van der Waals surface area (Å²) in [6, 6.07) is 6.18. The Bertz CT molecular complexity index is 862. The van der Waals surface area contributed by atoms with Gasteiger partial charge in [0.2, 0.25) is 0 Å². The van der Waals surface area contributed by atoms with Crippen LogP contribution in [0.15, 0.2) is 24.3 Å². The second-order valence-corrected chi connectivity index (χ2v) is 7.09. The summed E-state index contributed by atoms with van der Waals surface area (Å²) in [5.74, 6) is -1.62. The number of amides is 1. The maximum atomic E-state index is 14.7. The number of aryl methyl sites for hydroxylation is 2. The molecule has 144 valence electrons. The molecule has 2 heterocycles. The summed E-state index contributed by atoms with van der Waals surface area (Å²) in [6.45, 7) is 4.26. The van der Waals surface area contributed by atoms with Gasteiger partial charge in [-0.3, -0.25) is 9.59 Å². The van der Waals surface area contributed by atoms with Gasteiger partial charge in [0, 0.05) is 30.3 Å². The summed E-state index contributed by atoms with van der Waals surface area (Å²) in [5, 5.41) is 13.2. The number of benzene rings is 1. The van der Waals surface area contributed by atoms with Crippen molar-refractivity contribution in [2.45, 2.75) is 52.0 Å². The third-order valence-corrected chi connectivity index (χ3v) is 5.01. The van der Waals surface area contributed by atoms with Crippen LogP contribution in [0.25, 0.3) is 5.69 Å². The zero-order valence-electron chi connectivity index (χ0n) is 15.6. The summed E-state index contributed by atoms with van der Waals surface area (Å²) in [5.41, 5.74) is 2.19. The highest BCUT2D eigenvalue weighted by Gasteiger charge is 2.28. The molecule has 2 aromatic rings. The number of hydrogen-bond donors (Lipinski definition) is 1. The number of piperidine rings is 1. The Labute approximate surface area is 157 Å². The third kappa shape index (κ3) is 4.18. The molecule has 6 nitrogen and oxygen atoms in total. The van der Waals surface area contributed by atoms with Gasteiger partial charge < -0.3 is 10.0 Å². The van der Waals surface area contributed by atoms with Crippen molar-refractivity contribution >= 4 is 11.9 Å². The maximum absolute atomic E-state index is 14.7. The van der Waals surface area contributed by atoms with Crippen LogP contribution >= 0.6 is 0 Å². The standard InChI is InChI=1S/C20H24FN3O3/c1-13-11-14(2)24(22-13)18-8-6-15(12-17(18)21)20(27)23-10-4-3-5-16(23)7-9-19(25)26/h6,8,11-12,16H,3-5,7,9-10H2,1-2H3,(H,25,26). The lowest BCUT2D eigenvalue weighted by atomic mass is 9.97. The molecule has 1 unspecified atom stereocenters. The van der Waals surface area contributed by atoms with E-state index in [1.165, 1.54) is 10.7 Å². The fourth-order valence-electron chi connectivity index (χ4n) is 3.71. The van der Waals surface area contributed by atoms with Crippen molar-refractivity contribution in [1.82, 2.24) is 14.7 Å². The predicted molar refractivity (Wildman–Crippen MR) is 98.5 cm³/mol. The summed E-state index contributed by atoms with van der Waals surface area (Å²) in [6.07, 6.45) is 3.08. The molecule has 27 heavy (non-hydrogen) atoms. The Balaban J connectivity index is 1.82. The summed E-state index contributed by atoms with van der Waals surface area (Å²) >= 11 is 0. The van der Waals surface area contributed by atoms with Gasteiger partial charge in [-0.2, -0.15) is 5.10 Å². The average Bonchev–Trinajstić information content (AvgIpc) is 2.97. The van der Waals surface area contributed by atoms with Gasteiger partial charge in [0.15, 0.2) is 0 Å². The molecule has 1 amide bonds. The van der Waals surface area contributed by atoms with Gasteiger partial charge >= 0.3 is 5.97 Å². The number of carboxylic acids is 1. The van der Waals surface area contributed by atoms with Crippen LogP contribution in [0.5, 0.6) is 0 Å². The minimum absolute atomic E-state index is 0.0275. The largest absolute Gasteiger partial charge is 0.481 e. The molecule has 1 aromatic heterocycles. The normalized spacial score (nSPS) is 17.1. The first kappa shape index (κ1) is 19.1. The lowest BCUT2D eigenvalue weighted by Crippen LogP contribution is -2.44. The molecule has 1 atom stereocenters. The number of rotatable bonds is 5. The minimum Gasteiger partial charge on any atom is -0.481 e. The lowest BCUT2D eigenvalue weighted by Gasteiger charge is -2.35. The van der Waals surface area contributed by atoms with E-state index in [-0.39, 0.29) is 23.9 Å². The van der Waals surface area contributed by atoms with Gasteiger partial charge in [-0.05, 0) is 63.8 Å². The first-order valence-electron chi connectivity index (χ1n) is 9.23. The van der Waals surface area contributed by atoms with Crippen molar-refractivity contribution in [3.8, 4) is 5.69 Å². The van der Waals surface area contributed by atoms with Gasteiger partial charge in [0.1, 0.15) is 11.5 Å². The smallest absolute Gasteiger partial charge is 0.303 e. The number of carbonyl (C=O) groups excluding carboxylic acids is 1. The number of likely N-dealkylation sites (tertiary alicyclic amines) is 1. The topological polar surface area (TPSA) is 75.4 Å². The molecule has 0 bridgehead atoms. The van der Waals surface area contributed by atoms with Crippen LogP contribution in [-0.4, -0.2) is 44.3 Å². The number of carboxylic acid groups (broad SMARTS) is 1. The molecule has 7 heteroatoms. The Morgan fingerprint density at radius 2 is 2.04 bits per heavy atom. The van der Waals surface area contributed by atoms with Crippen LogP contribution in [0.1, 0.15) is 53.8 Å². The van der Waals surface area contributed by atoms with Crippen molar-refractivity contribution in [2.75, 3.05) is 6.54 Å². The molecule has 1 aliphatic rings. The highest BCUT2D eigenvalue weighted by atomic mass is 19.1. The van der Waals surface area contributed by atoms with Crippen molar-refractivity contribution in [3.05, 3.63) is 47.0 Å². The molecule has 0 radical (unpaired) electrons. The fourth-order valence-corrected chi connectivity index (χ4v) is 3.71. The summed E-state index contributed by atoms with van der Waals surface area (Å²) in [7, 11) is 0. The second kappa shape index (κ2) is 7.90. The maximum Gasteiger partial charge on any atom is 0.303 e. The van der Waals surface area contributed by atoms with E-state index in [9.17, 15) is 14.0 Å². The van der Waals surface area contributed by atoms with E-state index >= 15 is 0 Å². The van der Waals surface area contributed by atoms with Gasteiger partial charge in [0.05, 0.1) is 5.69 Å². The Morgan fingerprint density at radius 3 is 2.67 bits per heavy atom. The molecule has 0 spiro atoms. The number of nitrogens with zero attached hydrogens (tertiary/aromatic N) is 3.